The standard InChI is InChI=1S/C17H32N2O/c1-14(8-11-20-2)19-12-16(15-6-7-15)18-13-17(19)9-4-3-5-10-17/h14-16,18H,3-13H2,1-2H3. The fraction of sp³-hybridized carbons (Fsp3) is 1.00. The normalized spacial score (nSPS) is 32.4. The molecule has 2 saturated carbocycles. The number of methoxy groups -OCH3 is 1. The third kappa shape index (κ3) is 3.05. The van der Waals surface area contributed by atoms with Crippen LogP contribution in [0, 0.1) is 5.92 Å². The molecule has 20 heavy (non-hydrogen) atoms. The first-order valence-corrected chi connectivity index (χ1v) is 8.74. The fourth-order valence-electron chi connectivity index (χ4n) is 4.47. The molecule has 1 spiro atoms. The van der Waals surface area contributed by atoms with Crippen LogP contribution in [0.5, 0.6) is 0 Å². The maximum atomic E-state index is 5.32. The molecular formula is C17H32N2O. The van der Waals surface area contributed by atoms with Crippen LogP contribution >= 0.6 is 0 Å². The van der Waals surface area contributed by atoms with E-state index in [-0.39, 0.29) is 0 Å². The van der Waals surface area contributed by atoms with Gasteiger partial charge in [0, 0.05) is 44.4 Å². The highest BCUT2D eigenvalue weighted by Crippen LogP contribution is 2.41. The molecule has 1 heterocycles. The lowest BCUT2D eigenvalue weighted by molar-refractivity contribution is -0.0283. The van der Waals surface area contributed by atoms with Crippen LogP contribution in [-0.4, -0.2) is 49.3 Å². The van der Waals surface area contributed by atoms with Crippen LogP contribution in [0.3, 0.4) is 0 Å². The van der Waals surface area contributed by atoms with Crippen LogP contribution in [-0.2, 0) is 4.74 Å². The van der Waals surface area contributed by atoms with Gasteiger partial charge in [-0.15, -0.1) is 0 Å². The molecule has 0 amide bonds. The Hall–Kier alpha value is -0.120. The zero-order chi connectivity index (χ0) is 14.0. The van der Waals surface area contributed by atoms with E-state index in [4.69, 9.17) is 4.74 Å². The van der Waals surface area contributed by atoms with Crippen molar-refractivity contribution in [2.45, 2.75) is 75.9 Å². The molecule has 2 unspecified atom stereocenters. The van der Waals surface area contributed by atoms with Crippen molar-refractivity contribution >= 4 is 0 Å². The van der Waals surface area contributed by atoms with E-state index in [1.807, 2.05) is 7.11 Å². The zero-order valence-corrected chi connectivity index (χ0v) is 13.4. The van der Waals surface area contributed by atoms with E-state index in [2.05, 4.69) is 17.1 Å². The number of hydrogen-bond acceptors (Lipinski definition) is 3. The van der Waals surface area contributed by atoms with Crippen LogP contribution in [0.4, 0.5) is 0 Å². The van der Waals surface area contributed by atoms with Crippen LogP contribution in [0.2, 0.25) is 0 Å². The van der Waals surface area contributed by atoms with Crippen LogP contribution < -0.4 is 5.32 Å². The predicted octanol–water partition coefficient (Wildman–Crippen LogP) is 2.80. The second-order valence-electron chi connectivity index (χ2n) is 7.39. The lowest BCUT2D eigenvalue weighted by atomic mass is 9.77. The molecule has 2 aliphatic carbocycles. The Kier molecular flexibility index (Phi) is 4.68. The van der Waals surface area contributed by atoms with Gasteiger partial charge in [-0.1, -0.05) is 19.3 Å². The number of nitrogens with zero attached hydrogens (tertiary/aromatic N) is 1. The second-order valence-corrected chi connectivity index (χ2v) is 7.39. The molecule has 1 N–H and O–H groups in total. The van der Waals surface area contributed by atoms with Crippen molar-refractivity contribution in [1.82, 2.24) is 10.2 Å². The molecule has 3 heteroatoms. The summed E-state index contributed by atoms with van der Waals surface area (Å²) >= 11 is 0. The Labute approximate surface area is 124 Å². The SMILES string of the molecule is COCCC(C)N1CC(C2CC2)NCC12CCCCC2. The van der Waals surface area contributed by atoms with Gasteiger partial charge in [-0.25, -0.2) is 0 Å². The van der Waals surface area contributed by atoms with E-state index in [0.717, 1.165) is 18.6 Å². The summed E-state index contributed by atoms with van der Waals surface area (Å²) in [5, 5.41) is 3.91. The minimum atomic E-state index is 0.455. The minimum absolute atomic E-state index is 0.455. The summed E-state index contributed by atoms with van der Waals surface area (Å²) in [6, 6.07) is 1.42. The maximum absolute atomic E-state index is 5.32. The average Bonchev–Trinajstić information content (AvgIpc) is 3.31. The Bertz CT molecular complexity index is 310. The third-order valence-electron chi connectivity index (χ3n) is 5.94. The first-order valence-electron chi connectivity index (χ1n) is 8.74. The molecule has 0 aromatic carbocycles. The number of rotatable bonds is 5. The Morgan fingerprint density at radius 2 is 2.00 bits per heavy atom. The van der Waals surface area contributed by atoms with Gasteiger partial charge in [0.15, 0.2) is 0 Å². The molecule has 1 saturated heterocycles. The van der Waals surface area contributed by atoms with Gasteiger partial charge in [0.1, 0.15) is 0 Å². The lowest BCUT2D eigenvalue weighted by Gasteiger charge is -2.54. The molecule has 1 aliphatic heterocycles. The highest BCUT2D eigenvalue weighted by Gasteiger charge is 2.46. The smallest absolute Gasteiger partial charge is 0.0477 e. The first kappa shape index (κ1) is 14.8. The van der Waals surface area contributed by atoms with Crippen molar-refractivity contribution in [3.8, 4) is 0 Å². The second kappa shape index (κ2) is 6.33. The van der Waals surface area contributed by atoms with Crippen molar-refractivity contribution < 1.29 is 4.74 Å². The minimum Gasteiger partial charge on any atom is -0.385 e. The molecule has 116 valence electrons. The number of ether oxygens (including phenoxy) is 1. The lowest BCUT2D eigenvalue weighted by Crippen LogP contribution is -2.67. The molecule has 2 atom stereocenters. The zero-order valence-electron chi connectivity index (χ0n) is 13.4. The molecule has 0 radical (unpaired) electrons. The first-order chi connectivity index (χ1) is 9.75. The summed E-state index contributed by atoms with van der Waals surface area (Å²) in [6.07, 6.45) is 11.1. The van der Waals surface area contributed by atoms with Crippen LogP contribution in [0.1, 0.15) is 58.3 Å². The van der Waals surface area contributed by atoms with Gasteiger partial charge in [-0.05, 0) is 44.9 Å². The van der Waals surface area contributed by atoms with Gasteiger partial charge >= 0.3 is 0 Å². The van der Waals surface area contributed by atoms with Crippen molar-refractivity contribution in [3.63, 3.8) is 0 Å². The molecule has 0 aromatic heterocycles. The highest BCUT2D eigenvalue weighted by molar-refractivity contribution is 5.04. The van der Waals surface area contributed by atoms with Crippen molar-refractivity contribution in [1.29, 1.82) is 0 Å². The van der Waals surface area contributed by atoms with Gasteiger partial charge in [0.2, 0.25) is 0 Å². The van der Waals surface area contributed by atoms with Crippen molar-refractivity contribution in [2.75, 3.05) is 26.8 Å². The monoisotopic (exact) mass is 280 g/mol. The summed E-state index contributed by atoms with van der Waals surface area (Å²) in [4.78, 5) is 2.88. The fourth-order valence-corrected chi connectivity index (χ4v) is 4.47. The maximum Gasteiger partial charge on any atom is 0.0477 e. The molecule has 3 rings (SSSR count). The Balaban J connectivity index is 1.69. The number of hydrogen-bond donors (Lipinski definition) is 1. The molecule has 3 nitrogen and oxygen atoms in total. The largest absolute Gasteiger partial charge is 0.385 e. The number of piperazine rings is 1. The van der Waals surface area contributed by atoms with Crippen molar-refractivity contribution in [3.05, 3.63) is 0 Å². The summed E-state index contributed by atoms with van der Waals surface area (Å²) in [6.45, 7) is 5.82. The van der Waals surface area contributed by atoms with Gasteiger partial charge in [0.25, 0.3) is 0 Å². The van der Waals surface area contributed by atoms with E-state index >= 15 is 0 Å². The van der Waals surface area contributed by atoms with Gasteiger partial charge < -0.3 is 10.1 Å². The Morgan fingerprint density at radius 3 is 2.65 bits per heavy atom. The summed E-state index contributed by atoms with van der Waals surface area (Å²) in [5.41, 5.74) is 0.455. The molecule has 0 bridgehead atoms. The van der Waals surface area contributed by atoms with E-state index in [9.17, 15) is 0 Å². The quantitative estimate of drug-likeness (QED) is 0.838. The predicted molar refractivity (Wildman–Crippen MR) is 83.0 cm³/mol. The third-order valence-corrected chi connectivity index (χ3v) is 5.94. The Morgan fingerprint density at radius 1 is 1.25 bits per heavy atom. The molecule has 3 fully saturated rings. The van der Waals surface area contributed by atoms with E-state index in [1.54, 1.807) is 0 Å². The van der Waals surface area contributed by atoms with Crippen LogP contribution in [0.15, 0.2) is 0 Å². The topological polar surface area (TPSA) is 24.5 Å². The van der Waals surface area contributed by atoms with Gasteiger partial charge in [-0.3, -0.25) is 4.90 Å². The summed E-state index contributed by atoms with van der Waals surface area (Å²) in [5.74, 6) is 0.966. The molecular weight excluding hydrogens is 248 g/mol. The molecule has 3 aliphatic rings. The van der Waals surface area contributed by atoms with Gasteiger partial charge in [0.05, 0.1) is 0 Å². The summed E-state index contributed by atoms with van der Waals surface area (Å²) in [7, 11) is 1.83. The molecule has 0 aromatic rings. The van der Waals surface area contributed by atoms with Crippen LogP contribution in [0.25, 0.3) is 0 Å². The van der Waals surface area contributed by atoms with Gasteiger partial charge in [-0.2, -0.15) is 0 Å². The van der Waals surface area contributed by atoms with E-state index in [0.29, 0.717) is 11.6 Å². The highest BCUT2D eigenvalue weighted by atomic mass is 16.5. The average molecular weight is 280 g/mol. The van der Waals surface area contributed by atoms with E-state index < -0.39 is 0 Å². The summed E-state index contributed by atoms with van der Waals surface area (Å²) < 4.78 is 5.32. The van der Waals surface area contributed by atoms with E-state index in [1.165, 1.54) is 64.5 Å². The van der Waals surface area contributed by atoms with Crippen molar-refractivity contribution in [2.24, 2.45) is 5.92 Å². The number of nitrogens with one attached hydrogen (secondary N) is 1.